The van der Waals surface area contributed by atoms with Crippen LogP contribution in [0.2, 0.25) is 5.02 Å². The van der Waals surface area contributed by atoms with Crippen molar-refractivity contribution < 1.29 is 4.74 Å². The SMILES string of the molecule is CC(C)OCCCn1c(SCn2nnc3ccccc3c2=O)nc2cc(Cl)ccc2c1=O. The van der Waals surface area contributed by atoms with Gasteiger partial charge in [0.2, 0.25) is 0 Å². The number of rotatable bonds is 8. The molecule has 0 radical (unpaired) electrons. The van der Waals surface area contributed by atoms with Crippen molar-refractivity contribution in [1.29, 1.82) is 0 Å². The van der Waals surface area contributed by atoms with Gasteiger partial charge in [0.05, 0.1) is 28.3 Å². The highest BCUT2D eigenvalue weighted by atomic mass is 35.5. The first-order chi connectivity index (χ1) is 15.4. The molecule has 4 aromatic rings. The van der Waals surface area contributed by atoms with Gasteiger partial charge < -0.3 is 4.74 Å². The second-order valence-corrected chi connectivity index (χ2v) is 8.82. The number of ether oxygens (including phenoxy) is 1. The highest BCUT2D eigenvalue weighted by Gasteiger charge is 2.14. The van der Waals surface area contributed by atoms with Crippen molar-refractivity contribution in [2.45, 2.75) is 44.0 Å². The first-order valence-electron chi connectivity index (χ1n) is 10.2. The van der Waals surface area contributed by atoms with Crippen LogP contribution in [-0.4, -0.2) is 37.3 Å². The minimum Gasteiger partial charge on any atom is -0.379 e. The largest absolute Gasteiger partial charge is 0.379 e. The molecule has 0 amide bonds. The van der Waals surface area contributed by atoms with E-state index in [0.717, 1.165) is 0 Å². The van der Waals surface area contributed by atoms with E-state index in [1.807, 2.05) is 13.8 Å². The van der Waals surface area contributed by atoms with Crippen LogP contribution >= 0.6 is 23.4 Å². The second-order valence-electron chi connectivity index (χ2n) is 7.47. The van der Waals surface area contributed by atoms with Gasteiger partial charge >= 0.3 is 0 Å². The van der Waals surface area contributed by atoms with Gasteiger partial charge in [-0.2, -0.15) is 4.68 Å². The molecule has 166 valence electrons. The van der Waals surface area contributed by atoms with Gasteiger partial charge in [0.1, 0.15) is 5.52 Å². The van der Waals surface area contributed by atoms with E-state index in [1.54, 1.807) is 47.0 Å². The van der Waals surface area contributed by atoms with Crippen LogP contribution in [0.15, 0.2) is 57.2 Å². The molecule has 2 heterocycles. The molecular weight excluding hydrogens is 450 g/mol. The van der Waals surface area contributed by atoms with Crippen molar-refractivity contribution in [2.24, 2.45) is 0 Å². The zero-order valence-electron chi connectivity index (χ0n) is 17.7. The Morgan fingerprint density at radius 3 is 2.66 bits per heavy atom. The highest BCUT2D eigenvalue weighted by Crippen LogP contribution is 2.21. The molecule has 0 bridgehead atoms. The molecule has 0 saturated heterocycles. The number of halogens is 1. The normalized spacial score (nSPS) is 11.6. The van der Waals surface area contributed by atoms with Crippen molar-refractivity contribution in [1.82, 2.24) is 24.5 Å². The van der Waals surface area contributed by atoms with E-state index in [9.17, 15) is 9.59 Å². The van der Waals surface area contributed by atoms with Gasteiger partial charge in [0.15, 0.2) is 5.16 Å². The number of thioether (sulfide) groups is 1. The Balaban J connectivity index is 1.67. The number of hydrogen-bond donors (Lipinski definition) is 0. The van der Waals surface area contributed by atoms with Crippen molar-refractivity contribution in [3.05, 3.63) is 68.2 Å². The number of hydrogen-bond acceptors (Lipinski definition) is 7. The highest BCUT2D eigenvalue weighted by molar-refractivity contribution is 7.98. The van der Waals surface area contributed by atoms with E-state index >= 15 is 0 Å². The molecule has 10 heteroatoms. The van der Waals surface area contributed by atoms with Crippen LogP contribution < -0.4 is 11.1 Å². The Hall–Kier alpha value is -2.75. The van der Waals surface area contributed by atoms with E-state index in [2.05, 4.69) is 15.3 Å². The Morgan fingerprint density at radius 1 is 1.06 bits per heavy atom. The van der Waals surface area contributed by atoms with E-state index in [1.165, 1.54) is 16.4 Å². The van der Waals surface area contributed by atoms with Crippen molar-refractivity contribution in [3.63, 3.8) is 0 Å². The maximum absolute atomic E-state index is 13.2. The number of fused-ring (bicyclic) bond motifs is 2. The summed E-state index contributed by atoms with van der Waals surface area (Å²) in [5, 5.41) is 10.1. The quantitative estimate of drug-likeness (QED) is 0.219. The van der Waals surface area contributed by atoms with E-state index in [4.69, 9.17) is 16.3 Å². The number of nitrogens with zero attached hydrogens (tertiary/aromatic N) is 5. The van der Waals surface area contributed by atoms with Gasteiger partial charge in [-0.25, -0.2) is 4.98 Å². The fourth-order valence-corrected chi connectivity index (χ4v) is 4.32. The molecular formula is C22H22ClN5O3S. The Labute approximate surface area is 193 Å². The summed E-state index contributed by atoms with van der Waals surface area (Å²) in [6.07, 6.45) is 0.776. The zero-order valence-corrected chi connectivity index (χ0v) is 19.3. The molecule has 0 atom stereocenters. The number of benzene rings is 2. The third-order valence-corrected chi connectivity index (χ3v) is 5.98. The van der Waals surface area contributed by atoms with Crippen LogP contribution in [0.4, 0.5) is 0 Å². The van der Waals surface area contributed by atoms with Gasteiger partial charge in [0, 0.05) is 18.2 Å². The van der Waals surface area contributed by atoms with Crippen molar-refractivity contribution >= 4 is 45.2 Å². The Bertz CT molecular complexity index is 1390. The average Bonchev–Trinajstić information content (AvgIpc) is 2.77. The van der Waals surface area contributed by atoms with Crippen molar-refractivity contribution in [2.75, 3.05) is 6.61 Å². The summed E-state index contributed by atoms with van der Waals surface area (Å²) >= 11 is 7.36. The van der Waals surface area contributed by atoms with Crippen LogP contribution in [0.3, 0.4) is 0 Å². The van der Waals surface area contributed by atoms with Gasteiger partial charge in [-0.15, -0.1) is 5.10 Å². The lowest BCUT2D eigenvalue weighted by Crippen LogP contribution is -2.26. The lowest BCUT2D eigenvalue weighted by molar-refractivity contribution is 0.0743. The molecule has 0 aliphatic carbocycles. The fourth-order valence-electron chi connectivity index (χ4n) is 3.25. The summed E-state index contributed by atoms with van der Waals surface area (Å²) < 4.78 is 8.50. The van der Waals surface area contributed by atoms with Crippen LogP contribution in [0.5, 0.6) is 0 Å². The maximum Gasteiger partial charge on any atom is 0.278 e. The van der Waals surface area contributed by atoms with Crippen LogP contribution in [0, 0.1) is 0 Å². The van der Waals surface area contributed by atoms with Gasteiger partial charge in [-0.3, -0.25) is 14.2 Å². The third kappa shape index (κ3) is 4.85. The lowest BCUT2D eigenvalue weighted by Gasteiger charge is -2.14. The second kappa shape index (κ2) is 9.81. The van der Waals surface area contributed by atoms with Crippen LogP contribution in [0.1, 0.15) is 20.3 Å². The lowest BCUT2D eigenvalue weighted by atomic mass is 10.2. The summed E-state index contributed by atoms with van der Waals surface area (Å²) in [7, 11) is 0. The van der Waals surface area contributed by atoms with Crippen molar-refractivity contribution in [3.8, 4) is 0 Å². The smallest absolute Gasteiger partial charge is 0.278 e. The summed E-state index contributed by atoms with van der Waals surface area (Å²) in [4.78, 5) is 30.6. The van der Waals surface area contributed by atoms with E-state index < -0.39 is 0 Å². The Morgan fingerprint density at radius 2 is 1.84 bits per heavy atom. The summed E-state index contributed by atoms with van der Waals surface area (Å²) in [5.74, 6) is 0.164. The molecule has 4 rings (SSSR count). The molecule has 0 aliphatic heterocycles. The summed E-state index contributed by atoms with van der Waals surface area (Å²) in [6, 6.07) is 12.1. The van der Waals surface area contributed by atoms with Gasteiger partial charge in [-0.05, 0) is 50.6 Å². The molecule has 0 aliphatic rings. The van der Waals surface area contributed by atoms with Gasteiger partial charge in [0.25, 0.3) is 11.1 Å². The minimum atomic E-state index is -0.244. The standard InChI is InChI=1S/C22H22ClN5O3S/c1-14(2)31-11-5-10-27-20(29)17-9-8-15(23)12-19(17)24-22(27)32-13-28-21(30)16-6-3-4-7-18(16)25-26-28/h3-4,6-9,12,14H,5,10-11,13H2,1-2H3. The fraction of sp³-hybridized carbons (Fsp3) is 0.318. The monoisotopic (exact) mass is 471 g/mol. The van der Waals surface area contributed by atoms with Gasteiger partial charge in [-0.1, -0.05) is 40.7 Å². The maximum atomic E-state index is 13.2. The van der Waals surface area contributed by atoms with E-state index in [-0.39, 0.29) is 23.1 Å². The molecule has 0 unspecified atom stereocenters. The van der Waals surface area contributed by atoms with Crippen LogP contribution in [0.25, 0.3) is 21.8 Å². The zero-order chi connectivity index (χ0) is 22.7. The molecule has 0 spiro atoms. The Kier molecular flexibility index (Phi) is 6.88. The molecule has 2 aromatic heterocycles. The first kappa shape index (κ1) is 22.4. The molecule has 0 saturated carbocycles. The predicted molar refractivity (Wildman–Crippen MR) is 126 cm³/mol. The molecule has 32 heavy (non-hydrogen) atoms. The molecule has 2 aromatic carbocycles. The first-order valence-corrected chi connectivity index (χ1v) is 11.6. The van der Waals surface area contributed by atoms with Crippen LogP contribution in [-0.2, 0) is 17.2 Å². The molecule has 8 nitrogen and oxygen atoms in total. The summed E-state index contributed by atoms with van der Waals surface area (Å²) in [6.45, 7) is 4.91. The summed E-state index contributed by atoms with van der Waals surface area (Å²) in [5.41, 5.74) is 0.651. The minimum absolute atomic E-state index is 0.121. The number of aromatic nitrogens is 5. The topological polar surface area (TPSA) is 91.9 Å². The molecule has 0 N–H and O–H groups in total. The predicted octanol–water partition coefficient (Wildman–Crippen LogP) is 3.72. The van der Waals surface area contributed by atoms with E-state index in [0.29, 0.717) is 51.6 Å². The molecule has 0 fully saturated rings. The average molecular weight is 472 g/mol. The third-order valence-electron chi connectivity index (χ3n) is 4.80.